The van der Waals surface area contributed by atoms with E-state index in [-0.39, 0.29) is 0 Å². The summed E-state index contributed by atoms with van der Waals surface area (Å²) in [4.78, 5) is 2.17. The predicted octanol–water partition coefficient (Wildman–Crippen LogP) is -0.0752. The summed E-state index contributed by atoms with van der Waals surface area (Å²) in [5, 5.41) is 0. The van der Waals surface area contributed by atoms with Crippen molar-refractivity contribution in [1.29, 1.82) is 0 Å². The van der Waals surface area contributed by atoms with E-state index in [1.54, 1.807) is 0 Å². The molecule has 0 aromatic rings. The van der Waals surface area contributed by atoms with Crippen molar-refractivity contribution in [3.8, 4) is 0 Å². The van der Waals surface area contributed by atoms with Gasteiger partial charge in [0.25, 0.3) is 0 Å². The molecular formula is C9H23N3+2. The fourth-order valence-electron chi connectivity index (χ4n) is 1.11. The maximum Gasteiger partial charge on any atom is 0.302 e. The summed E-state index contributed by atoms with van der Waals surface area (Å²) in [5.74, 6) is 1.35. The van der Waals surface area contributed by atoms with E-state index in [0.717, 1.165) is 11.0 Å². The number of amidine groups is 1. The molecule has 72 valence electrons. The standard InChI is InChI=1S/C9H23N3/c1-10(2)9(11(3)4)8-12(5,6)7/h8H2,1-7H3/q+2. The van der Waals surface area contributed by atoms with E-state index in [0.29, 0.717) is 0 Å². The highest BCUT2D eigenvalue weighted by Gasteiger charge is 2.20. The van der Waals surface area contributed by atoms with E-state index in [9.17, 15) is 0 Å². The Balaban J connectivity index is 4.49. The fraction of sp³-hybridized carbons (Fsp3) is 0.889. The molecule has 12 heavy (non-hydrogen) atoms. The minimum absolute atomic E-state index is 0.964. The maximum atomic E-state index is 2.20. The number of nitrogens with zero attached hydrogens (tertiary/aromatic N) is 3. The zero-order valence-electron chi connectivity index (χ0n) is 9.55. The molecule has 0 radical (unpaired) electrons. The first kappa shape index (κ1) is 11.4. The van der Waals surface area contributed by atoms with Crippen molar-refractivity contribution in [1.82, 2.24) is 4.90 Å². The highest BCUT2D eigenvalue weighted by molar-refractivity contribution is 5.77. The first-order valence-corrected chi connectivity index (χ1v) is 4.25. The van der Waals surface area contributed by atoms with Crippen LogP contribution in [0.2, 0.25) is 0 Å². The van der Waals surface area contributed by atoms with E-state index in [1.165, 1.54) is 5.84 Å². The molecule has 0 aromatic heterocycles. The molecule has 0 saturated carbocycles. The predicted molar refractivity (Wildman–Crippen MR) is 53.7 cm³/mol. The number of hydrogen-bond donors (Lipinski definition) is 0. The van der Waals surface area contributed by atoms with Crippen molar-refractivity contribution in [2.45, 2.75) is 0 Å². The summed E-state index contributed by atoms with van der Waals surface area (Å²) in [6, 6.07) is 0. The molecule has 3 nitrogen and oxygen atoms in total. The zero-order valence-corrected chi connectivity index (χ0v) is 9.55. The second-order valence-corrected chi connectivity index (χ2v) is 4.65. The highest BCUT2D eigenvalue weighted by Crippen LogP contribution is 1.93. The van der Waals surface area contributed by atoms with Crippen molar-refractivity contribution in [2.24, 2.45) is 0 Å². The minimum Gasteiger partial charge on any atom is -0.321 e. The topological polar surface area (TPSA) is 6.25 Å². The van der Waals surface area contributed by atoms with Crippen LogP contribution in [-0.2, 0) is 0 Å². The van der Waals surface area contributed by atoms with Gasteiger partial charge in [-0.3, -0.25) is 9.48 Å². The number of hydrogen-bond acceptors (Lipinski definition) is 0. The summed E-state index contributed by atoms with van der Waals surface area (Å²) >= 11 is 0. The molecule has 0 bridgehead atoms. The molecule has 0 saturated heterocycles. The normalized spacial score (nSPS) is 11.2. The van der Waals surface area contributed by atoms with Crippen LogP contribution in [0, 0.1) is 0 Å². The molecular weight excluding hydrogens is 150 g/mol. The molecule has 0 aliphatic rings. The van der Waals surface area contributed by atoms with Gasteiger partial charge in [0.2, 0.25) is 0 Å². The average Bonchev–Trinajstić information content (AvgIpc) is 1.79. The van der Waals surface area contributed by atoms with Crippen LogP contribution in [0.1, 0.15) is 0 Å². The van der Waals surface area contributed by atoms with Crippen LogP contribution < -0.4 is 0 Å². The summed E-state index contributed by atoms with van der Waals surface area (Å²) < 4.78 is 3.13. The second kappa shape index (κ2) is 3.90. The van der Waals surface area contributed by atoms with E-state index >= 15 is 0 Å². The van der Waals surface area contributed by atoms with Crippen LogP contribution in [0.15, 0.2) is 0 Å². The Morgan fingerprint density at radius 3 is 1.67 bits per heavy atom. The van der Waals surface area contributed by atoms with Crippen molar-refractivity contribution >= 4 is 5.84 Å². The lowest BCUT2D eigenvalue weighted by atomic mass is 10.4. The Morgan fingerprint density at radius 1 is 1.17 bits per heavy atom. The first-order chi connectivity index (χ1) is 5.24. The largest absolute Gasteiger partial charge is 0.321 e. The lowest BCUT2D eigenvalue weighted by molar-refractivity contribution is -0.863. The van der Waals surface area contributed by atoms with Crippen LogP contribution in [0.25, 0.3) is 0 Å². The van der Waals surface area contributed by atoms with Gasteiger partial charge in [0.15, 0.2) is 6.54 Å². The Bertz CT molecular complexity index is 171. The molecule has 0 rings (SSSR count). The van der Waals surface area contributed by atoms with Gasteiger partial charge in [-0.1, -0.05) is 0 Å². The van der Waals surface area contributed by atoms with Crippen LogP contribution >= 0.6 is 0 Å². The Morgan fingerprint density at radius 2 is 1.58 bits per heavy atom. The molecule has 0 aliphatic carbocycles. The van der Waals surface area contributed by atoms with Gasteiger partial charge >= 0.3 is 5.84 Å². The Kier molecular flexibility index (Phi) is 3.71. The van der Waals surface area contributed by atoms with E-state index in [4.69, 9.17) is 0 Å². The van der Waals surface area contributed by atoms with Crippen molar-refractivity contribution in [3.63, 3.8) is 0 Å². The molecule has 3 heteroatoms. The first-order valence-electron chi connectivity index (χ1n) is 4.25. The minimum atomic E-state index is 0.964. The number of quaternary nitrogens is 1. The zero-order chi connectivity index (χ0) is 9.94. The summed E-state index contributed by atoms with van der Waals surface area (Å²) in [7, 11) is 15.0. The van der Waals surface area contributed by atoms with Gasteiger partial charge in [-0.15, -0.1) is 0 Å². The number of rotatable bonds is 2. The molecule has 0 atom stereocenters. The quantitative estimate of drug-likeness (QED) is 0.245. The lowest BCUT2D eigenvalue weighted by Gasteiger charge is -2.24. The molecule has 0 N–H and O–H groups in total. The van der Waals surface area contributed by atoms with Gasteiger partial charge in [-0.25, -0.2) is 0 Å². The smallest absolute Gasteiger partial charge is 0.302 e. The van der Waals surface area contributed by atoms with Gasteiger partial charge in [0, 0.05) is 0 Å². The molecule has 0 unspecified atom stereocenters. The van der Waals surface area contributed by atoms with E-state index in [2.05, 4.69) is 58.8 Å². The van der Waals surface area contributed by atoms with Crippen molar-refractivity contribution in [2.75, 3.05) is 55.9 Å². The average molecular weight is 173 g/mol. The highest BCUT2D eigenvalue weighted by atomic mass is 15.3. The lowest BCUT2D eigenvalue weighted by Crippen LogP contribution is -2.46. The van der Waals surface area contributed by atoms with Crippen LogP contribution in [0.5, 0.6) is 0 Å². The van der Waals surface area contributed by atoms with Gasteiger partial charge in [-0.2, -0.15) is 0 Å². The third-order valence-corrected chi connectivity index (χ3v) is 1.65. The van der Waals surface area contributed by atoms with Crippen LogP contribution in [-0.4, -0.2) is 75.7 Å². The van der Waals surface area contributed by atoms with Gasteiger partial charge in [0.05, 0.1) is 49.3 Å². The Labute approximate surface area is 76.5 Å². The molecule has 0 aliphatic heterocycles. The van der Waals surface area contributed by atoms with Gasteiger partial charge in [0.1, 0.15) is 0 Å². The van der Waals surface area contributed by atoms with E-state index < -0.39 is 0 Å². The fourth-order valence-corrected chi connectivity index (χ4v) is 1.11. The summed E-state index contributed by atoms with van der Waals surface area (Å²) in [6.07, 6.45) is 0. The summed E-state index contributed by atoms with van der Waals surface area (Å²) in [6.45, 7) is 1.06. The third-order valence-electron chi connectivity index (χ3n) is 1.65. The second-order valence-electron chi connectivity index (χ2n) is 4.65. The monoisotopic (exact) mass is 173 g/mol. The van der Waals surface area contributed by atoms with Gasteiger partial charge < -0.3 is 4.48 Å². The molecule has 0 aromatic carbocycles. The maximum absolute atomic E-state index is 2.20. The molecule has 0 amide bonds. The SMILES string of the molecule is CN(C)C(C[N+](C)(C)C)=[N+](C)C. The van der Waals surface area contributed by atoms with Crippen molar-refractivity contribution < 1.29 is 9.06 Å². The summed E-state index contributed by atoms with van der Waals surface area (Å²) in [5.41, 5.74) is 0. The van der Waals surface area contributed by atoms with Crippen molar-refractivity contribution in [3.05, 3.63) is 0 Å². The molecule has 0 spiro atoms. The Hall–Kier alpha value is -0.570. The van der Waals surface area contributed by atoms with Crippen LogP contribution in [0.3, 0.4) is 0 Å². The molecule has 0 heterocycles. The third kappa shape index (κ3) is 4.34. The molecule has 0 fully saturated rings. The van der Waals surface area contributed by atoms with Gasteiger partial charge in [-0.05, 0) is 0 Å². The number of likely N-dealkylation sites (N-methyl/N-ethyl adjacent to an activating group) is 2. The van der Waals surface area contributed by atoms with Crippen LogP contribution in [0.4, 0.5) is 0 Å². The van der Waals surface area contributed by atoms with E-state index in [1.807, 2.05) is 0 Å².